The minimum Gasteiger partial charge on any atom is -0.308 e. The highest BCUT2D eigenvalue weighted by Gasteiger charge is 2.23. The maximum absolute atomic E-state index is 11.9. The molecular formula is C10H10N3O5P. The number of amides is 1. The molecule has 0 unspecified atom stereocenters. The summed E-state index contributed by atoms with van der Waals surface area (Å²) in [4.78, 5) is 44.7. The largest absolute Gasteiger partial charge is 0.430 e. The van der Waals surface area contributed by atoms with E-state index in [1.165, 1.54) is 16.7 Å². The Hall–Kier alpha value is -2.02. The van der Waals surface area contributed by atoms with Gasteiger partial charge in [-0.3, -0.25) is 14.7 Å². The summed E-state index contributed by atoms with van der Waals surface area (Å²) in [5.41, 5.74) is -0.408. The molecule has 0 atom stereocenters. The summed E-state index contributed by atoms with van der Waals surface area (Å²) in [7, 11) is -3.33. The van der Waals surface area contributed by atoms with E-state index in [0.717, 1.165) is 0 Å². The van der Waals surface area contributed by atoms with Crippen molar-refractivity contribution in [2.75, 3.05) is 0 Å². The van der Waals surface area contributed by atoms with Gasteiger partial charge in [-0.05, 0) is 12.1 Å². The van der Waals surface area contributed by atoms with Crippen LogP contribution >= 0.6 is 7.75 Å². The lowest BCUT2D eigenvalue weighted by Crippen LogP contribution is -2.32. The standard InChI is InChI=1S/C10H10N3O5P/c1-13-7-5-3-2-4-6(7)11-8(10(13)15)9(14)12-19(16,17)18/h2-5H,1H3,(H3,12,14,16,17,18). The Morgan fingerprint density at radius 3 is 2.63 bits per heavy atom. The first-order chi connectivity index (χ1) is 8.79. The van der Waals surface area contributed by atoms with Crippen LogP contribution in [0.25, 0.3) is 11.0 Å². The molecule has 2 aromatic rings. The number of carbonyl (C=O) groups is 1. The maximum Gasteiger partial charge on any atom is 0.430 e. The van der Waals surface area contributed by atoms with Gasteiger partial charge in [0.25, 0.3) is 11.5 Å². The van der Waals surface area contributed by atoms with E-state index >= 15 is 0 Å². The van der Waals surface area contributed by atoms with E-state index in [2.05, 4.69) is 4.98 Å². The van der Waals surface area contributed by atoms with Crippen molar-refractivity contribution in [1.29, 1.82) is 0 Å². The number of carbonyl (C=O) groups excluding carboxylic acids is 1. The number of aromatic nitrogens is 2. The average molecular weight is 283 g/mol. The molecule has 0 aliphatic heterocycles. The summed E-state index contributed by atoms with van der Waals surface area (Å²) in [5, 5.41) is 1.42. The Morgan fingerprint density at radius 2 is 2.00 bits per heavy atom. The third-order valence-electron chi connectivity index (χ3n) is 2.44. The van der Waals surface area contributed by atoms with Crippen molar-refractivity contribution in [2.45, 2.75) is 0 Å². The van der Waals surface area contributed by atoms with Gasteiger partial charge in [-0.1, -0.05) is 12.1 Å². The van der Waals surface area contributed by atoms with Gasteiger partial charge in [0.05, 0.1) is 11.0 Å². The summed E-state index contributed by atoms with van der Waals surface area (Å²) in [6.45, 7) is 0. The zero-order valence-electron chi connectivity index (χ0n) is 9.77. The number of benzene rings is 1. The van der Waals surface area contributed by atoms with Crippen LogP contribution in [0.3, 0.4) is 0 Å². The molecule has 0 aliphatic rings. The molecule has 0 saturated carbocycles. The van der Waals surface area contributed by atoms with E-state index < -0.39 is 24.9 Å². The minimum atomic E-state index is -4.77. The molecule has 0 spiro atoms. The predicted molar refractivity (Wildman–Crippen MR) is 66.5 cm³/mol. The van der Waals surface area contributed by atoms with Gasteiger partial charge in [0.1, 0.15) is 0 Å². The smallest absolute Gasteiger partial charge is 0.308 e. The van der Waals surface area contributed by atoms with Gasteiger partial charge in [0, 0.05) is 7.05 Å². The van der Waals surface area contributed by atoms with Crippen LogP contribution in [-0.4, -0.2) is 25.2 Å². The van der Waals surface area contributed by atoms with Crippen LogP contribution in [-0.2, 0) is 11.6 Å². The molecule has 9 heteroatoms. The highest BCUT2D eigenvalue weighted by molar-refractivity contribution is 7.50. The number of nitrogens with zero attached hydrogens (tertiary/aromatic N) is 2. The van der Waals surface area contributed by atoms with Crippen molar-refractivity contribution in [3.05, 3.63) is 40.3 Å². The first kappa shape index (κ1) is 13.4. The third kappa shape index (κ3) is 2.70. The van der Waals surface area contributed by atoms with Gasteiger partial charge < -0.3 is 14.4 Å². The molecule has 0 radical (unpaired) electrons. The molecule has 100 valence electrons. The van der Waals surface area contributed by atoms with E-state index in [1.54, 1.807) is 24.3 Å². The number of hydrogen-bond acceptors (Lipinski definition) is 4. The fourth-order valence-electron chi connectivity index (χ4n) is 1.61. The molecular weight excluding hydrogens is 273 g/mol. The van der Waals surface area contributed by atoms with Crippen molar-refractivity contribution >= 4 is 24.7 Å². The lowest BCUT2D eigenvalue weighted by atomic mass is 10.3. The third-order valence-corrected chi connectivity index (χ3v) is 2.94. The van der Waals surface area contributed by atoms with Crippen LogP contribution in [0.2, 0.25) is 0 Å². The van der Waals surface area contributed by atoms with E-state index in [9.17, 15) is 14.2 Å². The van der Waals surface area contributed by atoms with E-state index in [4.69, 9.17) is 9.79 Å². The van der Waals surface area contributed by atoms with Crippen LogP contribution in [0.5, 0.6) is 0 Å². The average Bonchev–Trinajstić information content (AvgIpc) is 2.31. The number of hydrogen-bond donors (Lipinski definition) is 3. The van der Waals surface area contributed by atoms with E-state index in [1.807, 2.05) is 0 Å². The van der Waals surface area contributed by atoms with E-state index in [0.29, 0.717) is 11.0 Å². The number of rotatable bonds is 2. The Balaban J connectivity index is 2.62. The van der Waals surface area contributed by atoms with Crippen molar-refractivity contribution in [3.8, 4) is 0 Å². The second kappa shape index (κ2) is 4.58. The number of nitrogens with one attached hydrogen (secondary N) is 1. The van der Waals surface area contributed by atoms with Crippen LogP contribution < -0.4 is 10.6 Å². The second-order valence-corrected chi connectivity index (χ2v) is 5.11. The fraction of sp³-hybridized carbons (Fsp3) is 0.100. The first-order valence-corrected chi connectivity index (χ1v) is 6.75. The number of para-hydroxylation sites is 2. The molecule has 2 rings (SSSR count). The SMILES string of the molecule is Cn1c(=O)c(C(=O)NP(=O)(O)O)nc2ccccc21. The number of fused-ring (bicyclic) bond motifs is 1. The van der Waals surface area contributed by atoms with Gasteiger partial charge in [-0.25, -0.2) is 9.55 Å². The molecule has 0 fully saturated rings. The van der Waals surface area contributed by atoms with Crippen LogP contribution in [0.4, 0.5) is 0 Å². The molecule has 1 aromatic carbocycles. The maximum atomic E-state index is 11.9. The molecule has 0 aliphatic carbocycles. The molecule has 0 saturated heterocycles. The topological polar surface area (TPSA) is 122 Å². The summed E-state index contributed by atoms with van der Waals surface area (Å²) in [5.74, 6) is -1.21. The molecule has 3 N–H and O–H groups in total. The zero-order valence-corrected chi connectivity index (χ0v) is 10.7. The normalized spacial score (nSPS) is 11.5. The molecule has 0 bridgehead atoms. The molecule has 19 heavy (non-hydrogen) atoms. The Labute approximate surface area is 106 Å². The Bertz CT molecular complexity index is 763. The lowest BCUT2D eigenvalue weighted by Gasteiger charge is -2.08. The zero-order chi connectivity index (χ0) is 14.2. The van der Waals surface area contributed by atoms with Gasteiger partial charge in [-0.2, -0.15) is 0 Å². The van der Waals surface area contributed by atoms with Gasteiger partial charge in [0.15, 0.2) is 5.69 Å². The Kier molecular flexibility index (Phi) is 3.23. The van der Waals surface area contributed by atoms with Crippen molar-refractivity contribution in [2.24, 2.45) is 7.05 Å². The quantitative estimate of drug-likeness (QED) is 0.654. The monoisotopic (exact) mass is 283 g/mol. The highest BCUT2D eigenvalue weighted by atomic mass is 31.2. The van der Waals surface area contributed by atoms with Crippen LogP contribution in [0.15, 0.2) is 29.1 Å². The van der Waals surface area contributed by atoms with Crippen molar-refractivity contribution < 1.29 is 19.1 Å². The summed E-state index contributed by atoms with van der Waals surface area (Å²) >= 11 is 0. The van der Waals surface area contributed by atoms with Gasteiger partial charge >= 0.3 is 7.75 Å². The summed E-state index contributed by atoms with van der Waals surface area (Å²) in [6.07, 6.45) is 0. The molecule has 1 amide bonds. The van der Waals surface area contributed by atoms with Gasteiger partial charge in [-0.15, -0.1) is 0 Å². The predicted octanol–water partition coefficient (Wildman–Crippen LogP) is -0.244. The molecule has 1 heterocycles. The first-order valence-electron chi connectivity index (χ1n) is 5.13. The highest BCUT2D eigenvalue weighted by Crippen LogP contribution is 2.28. The van der Waals surface area contributed by atoms with Crippen molar-refractivity contribution in [1.82, 2.24) is 14.6 Å². The molecule has 1 aromatic heterocycles. The number of aryl methyl sites for hydroxylation is 1. The van der Waals surface area contributed by atoms with Crippen molar-refractivity contribution in [3.63, 3.8) is 0 Å². The summed E-state index contributed by atoms with van der Waals surface area (Å²) in [6, 6.07) is 6.61. The summed E-state index contributed by atoms with van der Waals surface area (Å²) < 4.78 is 11.9. The second-order valence-electron chi connectivity index (χ2n) is 3.80. The fourth-order valence-corrected chi connectivity index (χ4v) is 1.98. The van der Waals surface area contributed by atoms with E-state index in [-0.39, 0.29) is 0 Å². The Morgan fingerprint density at radius 1 is 1.37 bits per heavy atom. The molecule has 8 nitrogen and oxygen atoms in total. The van der Waals surface area contributed by atoms with Crippen LogP contribution in [0.1, 0.15) is 10.5 Å². The van der Waals surface area contributed by atoms with Gasteiger partial charge in [0.2, 0.25) is 0 Å². The lowest BCUT2D eigenvalue weighted by molar-refractivity contribution is 0.0965. The minimum absolute atomic E-state index is 0.375. The van der Waals surface area contributed by atoms with Crippen LogP contribution in [0, 0.1) is 0 Å².